The largest absolute Gasteiger partial charge is 0.462 e. The Balaban J connectivity index is 4.53. The van der Waals surface area contributed by atoms with Crippen molar-refractivity contribution in [3.63, 3.8) is 0 Å². The van der Waals surface area contributed by atoms with Crippen LogP contribution in [-0.2, 0) is 28.6 Å². The van der Waals surface area contributed by atoms with Gasteiger partial charge >= 0.3 is 17.9 Å². The fraction of sp³-hybridized carbons (Fsp3) is 0.540. The van der Waals surface area contributed by atoms with E-state index in [-0.39, 0.29) is 44.0 Å². The fourth-order valence-electron chi connectivity index (χ4n) is 6.59. The Labute approximate surface area is 422 Å². The normalized spacial score (nSPS) is 13.4. The van der Waals surface area contributed by atoms with Gasteiger partial charge in [-0.1, -0.05) is 211 Å². The highest BCUT2D eigenvalue weighted by atomic mass is 16.6. The van der Waals surface area contributed by atoms with Crippen molar-refractivity contribution in [1.29, 1.82) is 0 Å². The van der Waals surface area contributed by atoms with Gasteiger partial charge in [0, 0.05) is 19.3 Å². The third-order valence-electron chi connectivity index (χ3n) is 10.5. The molecule has 0 aromatic carbocycles. The molecule has 69 heavy (non-hydrogen) atoms. The molecule has 0 fully saturated rings. The van der Waals surface area contributed by atoms with Crippen LogP contribution >= 0.6 is 0 Å². The van der Waals surface area contributed by atoms with Crippen molar-refractivity contribution in [2.45, 2.75) is 207 Å². The van der Waals surface area contributed by atoms with Crippen molar-refractivity contribution in [2.75, 3.05) is 13.2 Å². The maximum Gasteiger partial charge on any atom is 0.306 e. The summed E-state index contributed by atoms with van der Waals surface area (Å²) in [4.78, 5) is 38.0. The summed E-state index contributed by atoms with van der Waals surface area (Å²) in [5.74, 6) is -1.07. The summed E-state index contributed by atoms with van der Waals surface area (Å²) in [6, 6.07) is 0. The van der Waals surface area contributed by atoms with Crippen LogP contribution in [0.1, 0.15) is 201 Å². The molecule has 0 aliphatic rings. The van der Waals surface area contributed by atoms with Gasteiger partial charge in [-0.05, 0) is 128 Å². The zero-order valence-corrected chi connectivity index (χ0v) is 43.8. The number of ether oxygens (including phenoxy) is 3. The second-order valence-electron chi connectivity index (χ2n) is 17.0. The molecule has 0 spiro atoms. The van der Waals surface area contributed by atoms with Crippen LogP contribution in [0.3, 0.4) is 0 Å². The van der Waals surface area contributed by atoms with Gasteiger partial charge in [0.2, 0.25) is 0 Å². The molecule has 0 aliphatic heterocycles. The summed E-state index contributed by atoms with van der Waals surface area (Å²) in [7, 11) is 0. The minimum Gasteiger partial charge on any atom is -0.462 e. The molecule has 0 aromatic rings. The van der Waals surface area contributed by atoms with Crippen LogP contribution < -0.4 is 0 Å². The Morgan fingerprint density at radius 1 is 0.290 bits per heavy atom. The molecule has 0 saturated heterocycles. The molecule has 0 aliphatic carbocycles. The van der Waals surface area contributed by atoms with Gasteiger partial charge in [-0.15, -0.1) is 0 Å². The average Bonchev–Trinajstić information content (AvgIpc) is 3.35. The first-order valence-corrected chi connectivity index (χ1v) is 27.0. The first kappa shape index (κ1) is 64.0. The van der Waals surface area contributed by atoms with Gasteiger partial charge in [-0.2, -0.15) is 0 Å². The molecule has 384 valence electrons. The van der Waals surface area contributed by atoms with E-state index in [0.29, 0.717) is 12.8 Å². The van der Waals surface area contributed by atoms with E-state index in [1.54, 1.807) is 0 Å². The standard InChI is InChI=1S/C63H96O6/c1-4-7-10-13-16-19-22-25-27-28-29-30-31-32-33-34-36-38-41-44-47-50-53-56-62(65)68-59-60(58-67-61(64)55-52-49-46-43-40-37-24-21-18-15-12-9-6-3)69-63(66)57-54-51-48-45-42-39-35-26-23-20-17-14-11-8-5-2/h7-12,16-21,25-27,29-30,32-33,35-38,40,46,49,60H,4-6,13-15,22-24,28,31,34,39,41-45,47-48,50-59H2,1-3H3/b10-7-,11-8-,12-9-,19-16-,20-17-,21-18-,27-25-,30-29-,33-32-,35-26-,38-36-,40-37-,49-46-. The van der Waals surface area contributed by atoms with Crippen LogP contribution in [0.15, 0.2) is 158 Å². The van der Waals surface area contributed by atoms with E-state index in [2.05, 4.69) is 167 Å². The predicted octanol–water partition coefficient (Wildman–Crippen LogP) is 18.2. The van der Waals surface area contributed by atoms with Crippen molar-refractivity contribution in [3.05, 3.63) is 158 Å². The Hall–Kier alpha value is -4.97. The summed E-state index contributed by atoms with van der Waals surface area (Å²) >= 11 is 0. The fourth-order valence-corrected chi connectivity index (χ4v) is 6.59. The van der Waals surface area contributed by atoms with E-state index in [1.165, 1.54) is 0 Å². The van der Waals surface area contributed by atoms with E-state index in [9.17, 15) is 14.4 Å². The molecule has 6 nitrogen and oxygen atoms in total. The predicted molar refractivity (Wildman–Crippen MR) is 297 cm³/mol. The molecule has 0 amide bonds. The SMILES string of the molecule is CC/C=C\C/C=C\C/C=C\C/C=C\C/C=C\C/C=C\CCCCCCC(=O)OCC(COC(=O)CC/C=C\C/C=C\C/C=C\C/C=C\CC)OC(=O)CCCCCCC/C=C\C/C=C\C/C=C\CC. The number of allylic oxidation sites excluding steroid dienone is 26. The highest BCUT2D eigenvalue weighted by Crippen LogP contribution is 2.12. The molecule has 0 radical (unpaired) electrons. The van der Waals surface area contributed by atoms with Crippen molar-refractivity contribution in [2.24, 2.45) is 0 Å². The number of hydrogen-bond donors (Lipinski definition) is 0. The summed E-state index contributed by atoms with van der Waals surface area (Å²) in [5.41, 5.74) is 0. The molecule has 0 rings (SSSR count). The second kappa shape index (κ2) is 55.6. The third kappa shape index (κ3) is 53.8. The van der Waals surface area contributed by atoms with Gasteiger partial charge in [0.1, 0.15) is 13.2 Å². The van der Waals surface area contributed by atoms with Gasteiger partial charge in [-0.3, -0.25) is 14.4 Å². The molecule has 1 unspecified atom stereocenters. The zero-order valence-electron chi connectivity index (χ0n) is 43.8. The number of unbranched alkanes of at least 4 members (excludes halogenated alkanes) is 9. The number of esters is 3. The molecule has 0 saturated carbocycles. The molecular formula is C63H96O6. The summed E-state index contributed by atoms with van der Waals surface area (Å²) < 4.78 is 16.7. The molecule has 0 N–H and O–H groups in total. The molecule has 1 atom stereocenters. The number of carbonyl (C=O) groups excluding carboxylic acids is 3. The Morgan fingerprint density at radius 2 is 0.551 bits per heavy atom. The van der Waals surface area contributed by atoms with Crippen LogP contribution in [0, 0.1) is 0 Å². The lowest BCUT2D eigenvalue weighted by atomic mass is 10.1. The monoisotopic (exact) mass is 949 g/mol. The van der Waals surface area contributed by atoms with E-state index in [0.717, 1.165) is 154 Å². The Morgan fingerprint density at radius 3 is 0.899 bits per heavy atom. The number of carbonyl (C=O) groups is 3. The highest BCUT2D eigenvalue weighted by molar-refractivity contribution is 5.71. The summed E-state index contributed by atoms with van der Waals surface area (Å²) in [6.07, 6.45) is 81.0. The average molecular weight is 949 g/mol. The maximum absolute atomic E-state index is 12.8. The zero-order chi connectivity index (χ0) is 50.0. The first-order valence-electron chi connectivity index (χ1n) is 27.0. The summed E-state index contributed by atoms with van der Waals surface area (Å²) in [5, 5.41) is 0. The third-order valence-corrected chi connectivity index (χ3v) is 10.5. The lowest BCUT2D eigenvalue weighted by Gasteiger charge is -2.18. The molecular weight excluding hydrogens is 853 g/mol. The topological polar surface area (TPSA) is 78.9 Å². The lowest BCUT2D eigenvalue weighted by Crippen LogP contribution is -2.30. The van der Waals surface area contributed by atoms with Gasteiger partial charge in [0.05, 0.1) is 0 Å². The molecule has 0 bridgehead atoms. The number of rotatable bonds is 46. The molecule has 0 heterocycles. The minimum absolute atomic E-state index is 0.128. The van der Waals surface area contributed by atoms with Crippen LogP contribution in [0.4, 0.5) is 0 Å². The molecule has 6 heteroatoms. The van der Waals surface area contributed by atoms with Crippen LogP contribution in [0.5, 0.6) is 0 Å². The van der Waals surface area contributed by atoms with E-state index >= 15 is 0 Å². The maximum atomic E-state index is 12.8. The van der Waals surface area contributed by atoms with E-state index in [4.69, 9.17) is 14.2 Å². The van der Waals surface area contributed by atoms with Gasteiger partial charge in [0.15, 0.2) is 6.10 Å². The second-order valence-corrected chi connectivity index (χ2v) is 17.0. The van der Waals surface area contributed by atoms with Crippen molar-refractivity contribution in [3.8, 4) is 0 Å². The van der Waals surface area contributed by atoms with Crippen molar-refractivity contribution in [1.82, 2.24) is 0 Å². The Kier molecular flexibility index (Phi) is 51.6. The van der Waals surface area contributed by atoms with Gasteiger partial charge in [-0.25, -0.2) is 0 Å². The van der Waals surface area contributed by atoms with E-state index in [1.807, 2.05) is 12.2 Å². The van der Waals surface area contributed by atoms with Crippen LogP contribution in [-0.4, -0.2) is 37.2 Å². The van der Waals surface area contributed by atoms with Gasteiger partial charge in [0.25, 0.3) is 0 Å². The lowest BCUT2D eigenvalue weighted by molar-refractivity contribution is -0.166. The van der Waals surface area contributed by atoms with Gasteiger partial charge < -0.3 is 14.2 Å². The highest BCUT2D eigenvalue weighted by Gasteiger charge is 2.19. The Bertz CT molecular complexity index is 1610. The van der Waals surface area contributed by atoms with Crippen molar-refractivity contribution >= 4 is 17.9 Å². The smallest absolute Gasteiger partial charge is 0.306 e. The first-order chi connectivity index (χ1) is 34.0. The van der Waals surface area contributed by atoms with E-state index < -0.39 is 6.10 Å². The number of hydrogen-bond acceptors (Lipinski definition) is 6. The van der Waals surface area contributed by atoms with Crippen molar-refractivity contribution < 1.29 is 28.6 Å². The van der Waals surface area contributed by atoms with Crippen LogP contribution in [0.25, 0.3) is 0 Å². The summed E-state index contributed by atoms with van der Waals surface area (Å²) in [6.45, 7) is 6.17. The molecule has 0 aromatic heterocycles. The minimum atomic E-state index is -0.835. The quantitative estimate of drug-likeness (QED) is 0.0262. The van der Waals surface area contributed by atoms with Crippen LogP contribution in [0.2, 0.25) is 0 Å².